The molecule has 0 aliphatic heterocycles. The van der Waals surface area contributed by atoms with Gasteiger partial charge in [0.05, 0.1) is 7.11 Å². The number of nitrogens with two attached hydrogens (primary N) is 1. The molecular weight excluding hydrogens is 200 g/mol. The third-order valence-electron chi connectivity index (χ3n) is 1.94. The van der Waals surface area contributed by atoms with Crippen LogP contribution in [-0.2, 0) is 6.42 Å². The summed E-state index contributed by atoms with van der Waals surface area (Å²) in [6, 6.07) is 2.04. The van der Waals surface area contributed by atoms with Gasteiger partial charge >= 0.3 is 0 Å². The van der Waals surface area contributed by atoms with Crippen molar-refractivity contribution in [1.82, 2.24) is 0 Å². The van der Waals surface area contributed by atoms with Crippen LogP contribution in [0.15, 0.2) is 12.1 Å². The van der Waals surface area contributed by atoms with E-state index in [-0.39, 0.29) is 5.75 Å². The van der Waals surface area contributed by atoms with Gasteiger partial charge in [0.2, 0.25) is 0 Å². The van der Waals surface area contributed by atoms with Crippen LogP contribution in [-0.4, -0.2) is 12.6 Å². The molecule has 0 aliphatic rings. The molecule has 0 bridgehead atoms. The van der Waals surface area contributed by atoms with E-state index in [9.17, 15) is 8.78 Å². The van der Waals surface area contributed by atoms with Crippen LogP contribution in [0.4, 0.5) is 8.78 Å². The molecule has 0 atom stereocenters. The quantitative estimate of drug-likeness (QED) is 0.839. The first-order chi connectivity index (χ1) is 6.83. The lowest BCUT2D eigenvalue weighted by molar-refractivity contribution is 0.373. The fourth-order valence-electron chi connectivity index (χ4n) is 1.46. The lowest BCUT2D eigenvalue weighted by Crippen LogP contribution is -2.34. The standard InChI is InChI=1S/C11H15F2NO/c1-11(2,14)6-7-4-8(12)5-9(13)10(7)15-3/h4-5H,6,14H2,1-3H3. The Labute approximate surface area is 88.0 Å². The third-order valence-corrected chi connectivity index (χ3v) is 1.94. The predicted molar refractivity (Wildman–Crippen MR) is 54.9 cm³/mol. The lowest BCUT2D eigenvalue weighted by Gasteiger charge is -2.20. The monoisotopic (exact) mass is 215 g/mol. The Morgan fingerprint density at radius 3 is 2.40 bits per heavy atom. The molecule has 0 fully saturated rings. The second-order valence-corrected chi connectivity index (χ2v) is 4.25. The van der Waals surface area contributed by atoms with Gasteiger partial charge in [0, 0.05) is 17.2 Å². The van der Waals surface area contributed by atoms with Crippen molar-refractivity contribution >= 4 is 0 Å². The van der Waals surface area contributed by atoms with Crippen LogP contribution in [0.3, 0.4) is 0 Å². The van der Waals surface area contributed by atoms with E-state index in [1.165, 1.54) is 13.2 Å². The Hall–Kier alpha value is -1.16. The van der Waals surface area contributed by atoms with E-state index in [1.54, 1.807) is 13.8 Å². The zero-order valence-corrected chi connectivity index (χ0v) is 9.10. The van der Waals surface area contributed by atoms with Crippen molar-refractivity contribution in [3.05, 3.63) is 29.3 Å². The summed E-state index contributed by atoms with van der Waals surface area (Å²) in [5.74, 6) is -1.25. The van der Waals surface area contributed by atoms with Gasteiger partial charge in [0.25, 0.3) is 0 Å². The summed E-state index contributed by atoms with van der Waals surface area (Å²) in [4.78, 5) is 0. The normalized spacial score (nSPS) is 11.6. The minimum absolute atomic E-state index is 0.0647. The summed E-state index contributed by atoms with van der Waals surface area (Å²) in [5.41, 5.74) is 5.70. The number of hydrogen-bond acceptors (Lipinski definition) is 2. The van der Waals surface area contributed by atoms with Crippen molar-refractivity contribution in [3.8, 4) is 5.75 Å². The molecule has 0 aliphatic carbocycles. The van der Waals surface area contributed by atoms with Gasteiger partial charge < -0.3 is 10.5 Å². The lowest BCUT2D eigenvalue weighted by atomic mass is 9.95. The molecule has 4 heteroatoms. The van der Waals surface area contributed by atoms with E-state index in [0.717, 1.165) is 6.07 Å². The highest BCUT2D eigenvalue weighted by atomic mass is 19.1. The molecule has 0 heterocycles. The van der Waals surface area contributed by atoms with Crippen LogP contribution in [0.1, 0.15) is 19.4 Å². The summed E-state index contributed by atoms with van der Waals surface area (Å²) >= 11 is 0. The van der Waals surface area contributed by atoms with Gasteiger partial charge in [0.15, 0.2) is 11.6 Å². The molecular formula is C11H15F2NO. The number of ether oxygens (including phenoxy) is 1. The number of halogens is 2. The van der Waals surface area contributed by atoms with Crippen molar-refractivity contribution in [1.29, 1.82) is 0 Å². The molecule has 1 aromatic carbocycles. The average Bonchev–Trinajstić information content (AvgIpc) is 1.99. The minimum atomic E-state index is -0.697. The second kappa shape index (κ2) is 4.14. The molecule has 0 radical (unpaired) electrons. The maximum Gasteiger partial charge on any atom is 0.168 e. The molecule has 2 N–H and O–H groups in total. The molecule has 0 aromatic heterocycles. The summed E-state index contributed by atoms with van der Waals surface area (Å²) in [6.45, 7) is 3.57. The van der Waals surface area contributed by atoms with Gasteiger partial charge in [-0.1, -0.05) is 0 Å². The van der Waals surface area contributed by atoms with Gasteiger partial charge in [-0.25, -0.2) is 8.78 Å². The minimum Gasteiger partial charge on any atom is -0.493 e. The van der Waals surface area contributed by atoms with Crippen molar-refractivity contribution in [2.45, 2.75) is 25.8 Å². The van der Waals surface area contributed by atoms with E-state index >= 15 is 0 Å². The Morgan fingerprint density at radius 2 is 1.93 bits per heavy atom. The van der Waals surface area contributed by atoms with Crippen molar-refractivity contribution in [3.63, 3.8) is 0 Å². The van der Waals surface area contributed by atoms with Gasteiger partial charge in [-0.3, -0.25) is 0 Å². The van der Waals surface area contributed by atoms with Crippen LogP contribution in [0.2, 0.25) is 0 Å². The molecule has 0 saturated heterocycles. The number of hydrogen-bond donors (Lipinski definition) is 1. The molecule has 1 aromatic rings. The van der Waals surface area contributed by atoms with E-state index in [4.69, 9.17) is 10.5 Å². The maximum absolute atomic E-state index is 13.3. The Bertz CT molecular complexity index is 358. The molecule has 0 amide bonds. The predicted octanol–water partition coefficient (Wildman–Crippen LogP) is 2.25. The molecule has 15 heavy (non-hydrogen) atoms. The fourth-order valence-corrected chi connectivity index (χ4v) is 1.46. The van der Waals surface area contributed by atoms with E-state index in [2.05, 4.69) is 0 Å². The molecule has 84 valence electrons. The smallest absolute Gasteiger partial charge is 0.168 e. The fraction of sp³-hybridized carbons (Fsp3) is 0.455. The maximum atomic E-state index is 13.3. The van der Waals surface area contributed by atoms with E-state index < -0.39 is 17.2 Å². The Balaban J connectivity index is 3.15. The van der Waals surface area contributed by atoms with Crippen molar-refractivity contribution in [2.24, 2.45) is 5.73 Å². The van der Waals surface area contributed by atoms with Crippen molar-refractivity contribution < 1.29 is 13.5 Å². The first-order valence-corrected chi connectivity index (χ1v) is 4.64. The number of benzene rings is 1. The molecule has 0 saturated carbocycles. The van der Waals surface area contributed by atoms with Crippen LogP contribution < -0.4 is 10.5 Å². The number of methoxy groups -OCH3 is 1. The Kier molecular flexibility index (Phi) is 3.29. The molecule has 2 nitrogen and oxygen atoms in total. The van der Waals surface area contributed by atoms with Gasteiger partial charge in [-0.2, -0.15) is 0 Å². The molecule has 0 spiro atoms. The van der Waals surface area contributed by atoms with Crippen LogP contribution in [0.5, 0.6) is 5.75 Å². The largest absolute Gasteiger partial charge is 0.493 e. The zero-order valence-electron chi connectivity index (χ0n) is 9.10. The summed E-state index contributed by atoms with van der Waals surface area (Å²) < 4.78 is 31.1. The van der Waals surface area contributed by atoms with Gasteiger partial charge in [-0.15, -0.1) is 0 Å². The first-order valence-electron chi connectivity index (χ1n) is 4.64. The van der Waals surface area contributed by atoms with Crippen LogP contribution in [0, 0.1) is 11.6 Å². The summed E-state index contributed by atoms with van der Waals surface area (Å²) in [7, 11) is 1.35. The van der Waals surface area contributed by atoms with Gasteiger partial charge in [-0.05, 0) is 26.3 Å². The Morgan fingerprint density at radius 1 is 1.33 bits per heavy atom. The highest BCUT2D eigenvalue weighted by molar-refractivity contribution is 5.36. The van der Waals surface area contributed by atoms with E-state index in [1.807, 2.05) is 0 Å². The van der Waals surface area contributed by atoms with Crippen LogP contribution >= 0.6 is 0 Å². The third kappa shape index (κ3) is 3.16. The van der Waals surface area contributed by atoms with Crippen molar-refractivity contribution in [2.75, 3.05) is 7.11 Å². The average molecular weight is 215 g/mol. The summed E-state index contributed by atoms with van der Waals surface area (Å²) in [6.07, 6.45) is 0.352. The molecule has 0 unspecified atom stereocenters. The first kappa shape index (κ1) is 11.9. The second-order valence-electron chi connectivity index (χ2n) is 4.25. The topological polar surface area (TPSA) is 35.2 Å². The summed E-state index contributed by atoms with van der Waals surface area (Å²) in [5, 5.41) is 0. The SMILES string of the molecule is COc1c(F)cc(F)cc1CC(C)(C)N. The van der Waals surface area contributed by atoms with Crippen LogP contribution in [0.25, 0.3) is 0 Å². The highest BCUT2D eigenvalue weighted by Crippen LogP contribution is 2.26. The molecule has 1 rings (SSSR count). The zero-order chi connectivity index (χ0) is 11.6. The highest BCUT2D eigenvalue weighted by Gasteiger charge is 2.18. The van der Waals surface area contributed by atoms with E-state index in [0.29, 0.717) is 12.0 Å². The number of rotatable bonds is 3. The van der Waals surface area contributed by atoms with Gasteiger partial charge in [0.1, 0.15) is 5.82 Å².